The fourth-order valence-electron chi connectivity index (χ4n) is 2.15. The van der Waals surface area contributed by atoms with Crippen molar-refractivity contribution in [3.05, 3.63) is 5.82 Å². The molecule has 0 amide bonds. The van der Waals surface area contributed by atoms with Crippen molar-refractivity contribution in [2.24, 2.45) is 0 Å². The van der Waals surface area contributed by atoms with Crippen LogP contribution in [0.2, 0.25) is 0 Å². The average Bonchev–Trinajstić information content (AvgIpc) is 2.79. The van der Waals surface area contributed by atoms with Crippen LogP contribution in [0.25, 0.3) is 0 Å². The van der Waals surface area contributed by atoms with Crippen LogP contribution in [-0.2, 0) is 6.42 Å². The molecule has 1 N–H and O–H groups in total. The third-order valence-corrected chi connectivity index (χ3v) is 3.81. The monoisotopic (exact) mass is 254 g/mol. The maximum atomic E-state index is 4.46. The van der Waals surface area contributed by atoms with Crippen LogP contribution < -0.4 is 5.32 Å². The van der Waals surface area contributed by atoms with E-state index in [1.54, 1.807) is 0 Å². The predicted octanol–water partition coefficient (Wildman–Crippen LogP) is 2.39. The van der Waals surface area contributed by atoms with Crippen molar-refractivity contribution in [1.29, 1.82) is 0 Å². The summed E-state index contributed by atoms with van der Waals surface area (Å²) in [5, 5.41) is 4.35. The summed E-state index contributed by atoms with van der Waals surface area (Å²) in [5.74, 6) is 0.984. The molecule has 1 aliphatic heterocycles. The van der Waals surface area contributed by atoms with Crippen molar-refractivity contribution in [2.45, 2.75) is 39.0 Å². The van der Waals surface area contributed by atoms with Crippen LogP contribution in [0, 0.1) is 0 Å². The van der Waals surface area contributed by atoms with Crippen LogP contribution in [0.15, 0.2) is 0 Å². The van der Waals surface area contributed by atoms with Crippen LogP contribution in [0.1, 0.15) is 38.4 Å². The number of hydrogen-bond acceptors (Lipinski definition) is 5. The fourth-order valence-corrected chi connectivity index (χ4v) is 2.79. The van der Waals surface area contributed by atoms with Gasteiger partial charge in [0, 0.05) is 31.0 Å². The third kappa shape index (κ3) is 4.24. The smallest absolute Gasteiger partial charge is 0.202 e. The fraction of sp³-hybridized carbons (Fsp3) is 0.833. The summed E-state index contributed by atoms with van der Waals surface area (Å²) in [7, 11) is 0. The Morgan fingerprint density at radius 2 is 2.12 bits per heavy atom. The number of nitrogens with one attached hydrogen (secondary N) is 1. The van der Waals surface area contributed by atoms with E-state index in [1.807, 2.05) is 0 Å². The highest BCUT2D eigenvalue weighted by Gasteiger charge is 2.09. The minimum absolute atomic E-state index is 0.977. The molecule has 1 saturated heterocycles. The maximum absolute atomic E-state index is 4.46. The third-order valence-electron chi connectivity index (χ3n) is 3.09. The van der Waals surface area contributed by atoms with Crippen molar-refractivity contribution in [1.82, 2.24) is 14.3 Å². The van der Waals surface area contributed by atoms with E-state index in [1.165, 1.54) is 43.9 Å². The second kappa shape index (κ2) is 6.91. The molecule has 1 aromatic rings. The molecule has 0 spiro atoms. The van der Waals surface area contributed by atoms with Crippen molar-refractivity contribution in [3.63, 3.8) is 0 Å². The molecular weight excluding hydrogens is 232 g/mol. The second-order valence-electron chi connectivity index (χ2n) is 4.59. The van der Waals surface area contributed by atoms with Gasteiger partial charge in [-0.3, -0.25) is 0 Å². The highest BCUT2D eigenvalue weighted by atomic mass is 32.1. The van der Waals surface area contributed by atoms with E-state index in [2.05, 4.69) is 26.5 Å². The Balaban J connectivity index is 1.66. The maximum Gasteiger partial charge on any atom is 0.202 e. The standard InChI is InChI=1S/C12H22N4S/c1-2-6-11-14-12(17-15-11)13-7-10-16-8-4-3-5-9-16/h2-10H2,1H3,(H,13,14,15). The normalized spacial score (nSPS) is 17.2. The SMILES string of the molecule is CCCc1nsc(NCCN2CCCCC2)n1. The summed E-state index contributed by atoms with van der Waals surface area (Å²) < 4.78 is 4.33. The van der Waals surface area contributed by atoms with Crippen LogP contribution in [0.5, 0.6) is 0 Å². The molecule has 1 fully saturated rings. The van der Waals surface area contributed by atoms with Gasteiger partial charge in [0.15, 0.2) is 0 Å². The topological polar surface area (TPSA) is 41.1 Å². The van der Waals surface area contributed by atoms with Crippen LogP contribution in [0.4, 0.5) is 5.13 Å². The highest BCUT2D eigenvalue weighted by molar-refractivity contribution is 7.09. The van der Waals surface area contributed by atoms with E-state index in [0.717, 1.165) is 36.9 Å². The Morgan fingerprint density at radius 3 is 2.88 bits per heavy atom. The van der Waals surface area contributed by atoms with Crippen molar-refractivity contribution < 1.29 is 0 Å². The first kappa shape index (κ1) is 12.8. The van der Waals surface area contributed by atoms with E-state index in [9.17, 15) is 0 Å². The van der Waals surface area contributed by atoms with Gasteiger partial charge in [0.1, 0.15) is 5.82 Å². The Morgan fingerprint density at radius 1 is 1.29 bits per heavy atom. The molecule has 2 rings (SSSR count). The minimum atomic E-state index is 0.977. The van der Waals surface area contributed by atoms with Gasteiger partial charge >= 0.3 is 0 Å². The summed E-state index contributed by atoms with van der Waals surface area (Å²) in [6.07, 6.45) is 6.23. The van der Waals surface area contributed by atoms with Gasteiger partial charge in [0.2, 0.25) is 5.13 Å². The van der Waals surface area contributed by atoms with Gasteiger partial charge < -0.3 is 10.2 Å². The molecule has 4 nitrogen and oxygen atoms in total. The van der Waals surface area contributed by atoms with Gasteiger partial charge in [0.05, 0.1) is 0 Å². The van der Waals surface area contributed by atoms with Crippen LogP contribution >= 0.6 is 11.5 Å². The van der Waals surface area contributed by atoms with Crippen LogP contribution in [0.3, 0.4) is 0 Å². The molecule has 0 radical (unpaired) electrons. The Kier molecular flexibility index (Phi) is 5.19. The van der Waals surface area contributed by atoms with Crippen molar-refractivity contribution >= 4 is 16.7 Å². The van der Waals surface area contributed by atoms with Gasteiger partial charge in [-0.1, -0.05) is 13.3 Å². The Labute approximate surface area is 108 Å². The van der Waals surface area contributed by atoms with Gasteiger partial charge in [-0.2, -0.15) is 4.37 Å². The molecule has 5 heteroatoms. The van der Waals surface area contributed by atoms with Gasteiger partial charge in [-0.25, -0.2) is 4.98 Å². The highest BCUT2D eigenvalue weighted by Crippen LogP contribution is 2.12. The lowest BCUT2D eigenvalue weighted by Gasteiger charge is -2.26. The van der Waals surface area contributed by atoms with Crippen molar-refractivity contribution in [2.75, 3.05) is 31.5 Å². The van der Waals surface area contributed by atoms with E-state index in [4.69, 9.17) is 0 Å². The molecule has 2 heterocycles. The van der Waals surface area contributed by atoms with Gasteiger partial charge in [0.25, 0.3) is 0 Å². The zero-order valence-corrected chi connectivity index (χ0v) is 11.4. The summed E-state index contributed by atoms with van der Waals surface area (Å²) in [6, 6.07) is 0. The zero-order valence-electron chi connectivity index (χ0n) is 10.6. The van der Waals surface area contributed by atoms with Gasteiger partial charge in [-0.15, -0.1) is 0 Å². The molecule has 0 atom stereocenters. The first-order chi connectivity index (χ1) is 8.38. The summed E-state index contributed by atoms with van der Waals surface area (Å²) in [5.41, 5.74) is 0. The largest absolute Gasteiger partial charge is 0.359 e. The quantitative estimate of drug-likeness (QED) is 0.846. The number of nitrogens with zero attached hydrogens (tertiary/aromatic N) is 3. The molecule has 0 saturated carbocycles. The minimum Gasteiger partial charge on any atom is -0.359 e. The number of aryl methyl sites for hydroxylation is 1. The number of hydrogen-bond donors (Lipinski definition) is 1. The molecule has 0 bridgehead atoms. The number of piperidine rings is 1. The van der Waals surface area contributed by atoms with E-state index >= 15 is 0 Å². The number of anilines is 1. The van der Waals surface area contributed by atoms with Crippen LogP contribution in [-0.4, -0.2) is 40.4 Å². The molecule has 0 aromatic carbocycles. The molecular formula is C12H22N4S. The average molecular weight is 254 g/mol. The lowest BCUT2D eigenvalue weighted by Crippen LogP contribution is -2.33. The summed E-state index contributed by atoms with van der Waals surface area (Å²) in [6.45, 7) is 6.80. The molecule has 96 valence electrons. The summed E-state index contributed by atoms with van der Waals surface area (Å²) >= 11 is 1.49. The zero-order chi connectivity index (χ0) is 11.9. The lowest BCUT2D eigenvalue weighted by atomic mass is 10.1. The van der Waals surface area contributed by atoms with E-state index < -0.39 is 0 Å². The number of likely N-dealkylation sites (tertiary alicyclic amines) is 1. The molecule has 1 aromatic heterocycles. The molecule has 0 unspecified atom stereocenters. The summed E-state index contributed by atoms with van der Waals surface area (Å²) in [4.78, 5) is 6.99. The molecule has 1 aliphatic rings. The Bertz CT molecular complexity index is 320. The van der Waals surface area contributed by atoms with E-state index in [-0.39, 0.29) is 0 Å². The predicted molar refractivity (Wildman–Crippen MR) is 72.7 cm³/mol. The van der Waals surface area contributed by atoms with Crippen molar-refractivity contribution in [3.8, 4) is 0 Å². The van der Waals surface area contributed by atoms with Gasteiger partial charge in [-0.05, 0) is 32.4 Å². The van der Waals surface area contributed by atoms with E-state index in [0.29, 0.717) is 0 Å². The first-order valence-corrected chi connectivity index (χ1v) is 7.44. The number of aromatic nitrogens is 2. The molecule has 17 heavy (non-hydrogen) atoms. The lowest BCUT2D eigenvalue weighted by molar-refractivity contribution is 0.237. The first-order valence-electron chi connectivity index (χ1n) is 6.67. The second-order valence-corrected chi connectivity index (χ2v) is 5.35. The Hall–Kier alpha value is -0.680. The molecule has 0 aliphatic carbocycles. The number of rotatable bonds is 6.